The Morgan fingerprint density at radius 3 is 2.17 bits per heavy atom. The number of hydrogen-bond acceptors (Lipinski definition) is 5. The van der Waals surface area contributed by atoms with Gasteiger partial charge in [-0.05, 0) is 35.0 Å². The van der Waals surface area contributed by atoms with E-state index in [1.54, 1.807) is 42.5 Å². The first-order valence-corrected chi connectivity index (χ1v) is 11.4. The van der Waals surface area contributed by atoms with Crippen LogP contribution in [0.25, 0.3) is 27.4 Å². The second-order valence-electron chi connectivity index (χ2n) is 8.34. The highest BCUT2D eigenvalue weighted by Crippen LogP contribution is 2.26. The van der Waals surface area contributed by atoms with Crippen LogP contribution in [0.1, 0.15) is 32.0 Å². The van der Waals surface area contributed by atoms with E-state index in [2.05, 4.69) is 5.10 Å². The Bertz CT molecular complexity index is 1830. The number of rotatable bonds is 5. The van der Waals surface area contributed by atoms with Crippen molar-refractivity contribution in [1.29, 1.82) is 0 Å². The summed E-state index contributed by atoms with van der Waals surface area (Å²) < 4.78 is 7.01. The first-order chi connectivity index (χ1) is 17.6. The summed E-state index contributed by atoms with van der Waals surface area (Å²) in [6, 6.07) is 30.5. The van der Waals surface area contributed by atoms with E-state index in [0.29, 0.717) is 22.2 Å². The van der Waals surface area contributed by atoms with Gasteiger partial charge in [0.15, 0.2) is 0 Å². The number of benzene rings is 4. The zero-order valence-corrected chi connectivity index (χ0v) is 18.9. The van der Waals surface area contributed by atoms with Gasteiger partial charge in [0.25, 0.3) is 0 Å². The fourth-order valence-electron chi connectivity index (χ4n) is 4.32. The zero-order valence-electron chi connectivity index (χ0n) is 18.9. The van der Waals surface area contributed by atoms with Crippen molar-refractivity contribution in [3.05, 3.63) is 142 Å². The van der Waals surface area contributed by atoms with Crippen molar-refractivity contribution in [1.82, 2.24) is 9.78 Å². The van der Waals surface area contributed by atoms with Crippen LogP contribution in [0.15, 0.2) is 119 Å². The topological polar surface area (TPSA) is 82.2 Å². The third kappa shape index (κ3) is 3.61. The number of para-hydroxylation sites is 1. The van der Waals surface area contributed by atoms with Crippen molar-refractivity contribution in [2.45, 2.75) is 0 Å². The number of fused-ring (bicyclic) bond motifs is 3. The van der Waals surface area contributed by atoms with Crippen LogP contribution >= 0.6 is 0 Å². The molecule has 0 aliphatic rings. The van der Waals surface area contributed by atoms with Crippen LogP contribution in [-0.4, -0.2) is 21.3 Å². The van der Waals surface area contributed by atoms with Crippen molar-refractivity contribution in [3.63, 3.8) is 0 Å². The minimum Gasteiger partial charge on any atom is -0.422 e. The quantitative estimate of drug-likeness (QED) is 0.186. The smallest absolute Gasteiger partial charge is 0.347 e. The van der Waals surface area contributed by atoms with E-state index >= 15 is 0 Å². The third-order valence-corrected chi connectivity index (χ3v) is 6.12. The Morgan fingerprint density at radius 1 is 0.694 bits per heavy atom. The summed E-state index contributed by atoms with van der Waals surface area (Å²) >= 11 is 0. The summed E-state index contributed by atoms with van der Waals surface area (Å²) in [5, 5.41) is 6.91. The Labute approximate surface area is 205 Å². The van der Waals surface area contributed by atoms with Gasteiger partial charge < -0.3 is 4.42 Å². The lowest BCUT2D eigenvalue weighted by Gasteiger charge is -2.05. The van der Waals surface area contributed by atoms with E-state index in [0.717, 1.165) is 10.8 Å². The van der Waals surface area contributed by atoms with E-state index in [-0.39, 0.29) is 16.8 Å². The van der Waals surface area contributed by atoms with Gasteiger partial charge in [0.1, 0.15) is 16.8 Å². The predicted molar refractivity (Wildman–Crippen MR) is 137 cm³/mol. The molecule has 2 heterocycles. The lowest BCUT2D eigenvalue weighted by atomic mass is 9.98. The second-order valence-corrected chi connectivity index (χ2v) is 8.34. The van der Waals surface area contributed by atoms with E-state index < -0.39 is 17.2 Å². The molecular formula is C30H18N2O4. The monoisotopic (exact) mass is 470 g/mol. The summed E-state index contributed by atoms with van der Waals surface area (Å²) in [6.45, 7) is 0. The Kier molecular flexibility index (Phi) is 5.12. The lowest BCUT2D eigenvalue weighted by Crippen LogP contribution is -2.17. The van der Waals surface area contributed by atoms with Crippen LogP contribution in [0.3, 0.4) is 0 Å². The molecule has 172 valence electrons. The van der Waals surface area contributed by atoms with E-state index in [9.17, 15) is 14.4 Å². The summed E-state index contributed by atoms with van der Waals surface area (Å²) in [6.07, 6.45) is 1.49. The Balaban J connectivity index is 1.55. The molecular weight excluding hydrogens is 452 g/mol. The number of hydrogen-bond donors (Lipinski definition) is 0. The molecule has 6 aromatic rings. The van der Waals surface area contributed by atoms with Crippen LogP contribution in [-0.2, 0) is 0 Å². The molecule has 0 atom stereocenters. The van der Waals surface area contributed by atoms with E-state index in [1.165, 1.54) is 10.9 Å². The fraction of sp³-hybridized carbons (Fsp3) is 0. The number of carbonyl (C=O) groups is 2. The molecule has 2 aromatic heterocycles. The highest BCUT2D eigenvalue weighted by Gasteiger charge is 2.27. The molecule has 0 aliphatic heterocycles. The molecule has 0 bridgehead atoms. The lowest BCUT2D eigenvalue weighted by molar-refractivity contribution is 0.0999. The van der Waals surface area contributed by atoms with Gasteiger partial charge in [-0.25, -0.2) is 9.48 Å². The minimum atomic E-state index is -0.770. The molecule has 6 nitrogen and oxygen atoms in total. The predicted octanol–water partition coefficient (Wildman–Crippen LogP) is 5.59. The first-order valence-electron chi connectivity index (χ1n) is 11.4. The normalized spacial score (nSPS) is 11.1. The van der Waals surface area contributed by atoms with Crippen LogP contribution in [0, 0.1) is 0 Å². The van der Waals surface area contributed by atoms with Crippen LogP contribution in [0.2, 0.25) is 0 Å². The Hall–Kier alpha value is -5.10. The van der Waals surface area contributed by atoms with Crippen LogP contribution in [0.5, 0.6) is 0 Å². The standard InChI is InChI=1S/C30H18N2O4/c33-28(20-10-3-1-4-11-20)27-25(18-32(31-27)21-12-5-2-6-13-21)29(34)24-17-23-22-14-8-7-9-19(22)15-16-26(23)36-30(24)35/h1-18H. The first kappa shape index (κ1) is 21.4. The van der Waals surface area contributed by atoms with Crippen molar-refractivity contribution >= 4 is 33.3 Å². The van der Waals surface area contributed by atoms with Gasteiger partial charge in [0.2, 0.25) is 11.6 Å². The molecule has 4 aromatic carbocycles. The molecule has 0 unspecified atom stereocenters. The summed E-state index contributed by atoms with van der Waals surface area (Å²) in [4.78, 5) is 40.1. The third-order valence-electron chi connectivity index (χ3n) is 6.12. The highest BCUT2D eigenvalue weighted by molar-refractivity contribution is 6.19. The highest BCUT2D eigenvalue weighted by atomic mass is 16.4. The maximum Gasteiger partial charge on any atom is 0.347 e. The summed E-state index contributed by atoms with van der Waals surface area (Å²) in [7, 11) is 0. The second kappa shape index (κ2) is 8.60. The van der Waals surface area contributed by atoms with Crippen molar-refractivity contribution in [2.75, 3.05) is 0 Å². The van der Waals surface area contributed by atoms with E-state index in [4.69, 9.17) is 4.42 Å². The van der Waals surface area contributed by atoms with Gasteiger partial charge in [-0.1, -0.05) is 78.9 Å². The number of aromatic nitrogens is 2. The molecule has 0 radical (unpaired) electrons. The Morgan fingerprint density at radius 2 is 1.39 bits per heavy atom. The molecule has 0 aliphatic carbocycles. The maximum atomic E-state index is 13.8. The molecule has 0 saturated carbocycles. The average molecular weight is 470 g/mol. The van der Waals surface area contributed by atoms with Crippen molar-refractivity contribution < 1.29 is 14.0 Å². The van der Waals surface area contributed by atoms with Crippen molar-refractivity contribution in [3.8, 4) is 5.69 Å². The van der Waals surface area contributed by atoms with Gasteiger partial charge in [-0.15, -0.1) is 0 Å². The summed E-state index contributed by atoms with van der Waals surface area (Å²) in [5.41, 5.74) is 0.515. The average Bonchev–Trinajstić information content (AvgIpc) is 3.38. The minimum absolute atomic E-state index is 0.0274. The molecule has 0 N–H and O–H groups in total. The van der Waals surface area contributed by atoms with Gasteiger partial charge >= 0.3 is 5.63 Å². The molecule has 0 saturated heterocycles. The number of carbonyl (C=O) groups excluding carboxylic acids is 2. The molecule has 6 rings (SSSR count). The SMILES string of the molecule is O=C(c1ccccc1)c1nn(-c2ccccc2)cc1C(=O)c1cc2c(ccc3ccccc32)oc1=O. The largest absolute Gasteiger partial charge is 0.422 e. The molecule has 0 fully saturated rings. The van der Waals surface area contributed by atoms with Gasteiger partial charge in [-0.2, -0.15) is 5.10 Å². The van der Waals surface area contributed by atoms with Gasteiger partial charge in [0, 0.05) is 17.1 Å². The molecule has 0 spiro atoms. The fourth-order valence-corrected chi connectivity index (χ4v) is 4.32. The van der Waals surface area contributed by atoms with Crippen LogP contribution < -0.4 is 5.63 Å². The zero-order chi connectivity index (χ0) is 24.6. The molecule has 36 heavy (non-hydrogen) atoms. The van der Waals surface area contributed by atoms with Gasteiger partial charge in [0.05, 0.1) is 11.3 Å². The van der Waals surface area contributed by atoms with Gasteiger partial charge in [-0.3, -0.25) is 9.59 Å². The molecule has 0 amide bonds. The maximum absolute atomic E-state index is 13.8. The van der Waals surface area contributed by atoms with E-state index in [1.807, 2.05) is 60.7 Å². The van der Waals surface area contributed by atoms with Crippen molar-refractivity contribution in [2.24, 2.45) is 0 Å². The summed E-state index contributed by atoms with van der Waals surface area (Å²) in [5.74, 6) is -1.04. The molecule has 6 heteroatoms. The number of ketones is 2. The van der Waals surface area contributed by atoms with Crippen LogP contribution in [0.4, 0.5) is 0 Å². The number of nitrogens with zero attached hydrogens (tertiary/aromatic N) is 2.